The van der Waals surface area contributed by atoms with Crippen LogP contribution in [-0.4, -0.2) is 17.7 Å². The van der Waals surface area contributed by atoms with E-state index in [0.717, 1.165) is 6.08 Å². The highest BCUT2D eigenvalue weighted by Crippen LogP contribution is 2.31. The Morgan fingerprint density at radius 1 is 0.893 bits per heavy atom. The molecule has 7 heteroatoms. The van der Waals surface area contributed by atoms with Crippen LogP contribution in [0.25, 0.3) is 17.4 Å². The Bertz CT molecular complexity index is 1050. The first-order valence-corrected chi connectivity index (χ1v) is 8.43. The Morgan fingerprint density at radius 3 is 2.18 bits per heavy atom. The summed E-state index contributed by atoms with van der Waals surface area (Å²) in [5.41, 5.74) is -0.537. The van der Waals surface area contributed by atoms with Crippen molar-refractivity contribution in [3.05, 3.63) is 88.6 Å². The van der Waals surface area contributed by atoms with Gasteiger partial charge in [0.2, 0.25) is 0 Å². The normalized spacial score (nSPS) is 12.1. The van der Waals surface area contributed by atoms with Crippen molar-refractivity contribution in [3.8, 4) is 11.3 Å². The van der Waals surface area contributed by atoms with Gasteiger partial charge in [-0.3, -0.25) is 9.59 Å². The quantitative estimate of drug-likeness (QED) is 0.227. The molecular weight excluding hydrogens is 393 g/mol. The number of benzene rings is 2. The highest BCUT2D eigenvalue weighted by molar-refractivity contribution is 6.33. The van der Waals surface area contributed by atoms with Crippen molar-refractivity contribution >= 4 is 29.2 Å². The number of rotatable bonds is 5. The number of hydrogen-bond donors (Lipinski definition) is 0. The van der Waals surface area contributed by atoms with Gasteiger partial charge in [-0.05, 0) is 30.3 Å². The van der Waals surface area contributed by atoms with Crippen LogP contribution in [0.5, 0.6) is 0 Å². The Hall–Kier alpha value is -3.12. The molecule has 1 heterocycles. The SMILES string of the molecule is O=C(/C(=C/c1ccc(-c2ccccc2Cl)o1)C(=O)C(F)(F)F)c1ccccc1. The first-order chi connectivity index (χ1) is 13.3. The summed E-state index contributed by atoms with van der Waals surface area (Å²) in [5, 5.41) is 0.388. The van der Waals surface area contributed by atoms with E-state index in [0.29, 0.717) is 16.3 Å². The van der Waals surface area contributed by atoms with Gasteiger partial charge >= 0.3 is 6.18 Å². The van der Waals surface area contributed by atoms with Crippen LogP contribution < -0.4 is 0 Å². The molecule has 0 aliphatic rings. The van der Waals surface area contributed by atoms with Gasteiger partial charge in [0, 0.05) is 11.1 Å². The molecule has 3 aromatic rings. The zero-order valence-corrected chi connectivity index (χ0v) is 14.9. The second kappa shape index (κ2) is 7.86. The maximum atomic E-state index is 13.0. The summed E-state index contributed by atoms with van der Waals surface area (Å²) in [6.45, 7) is 0. The van der Waals surface area contributed by atoms with E-state index in [1.165, 1.54) is 36.4 Å². The Kier molecular flexibility index (Phi) is 5.51. The Labute approximate surface area is 163 Å². The lowest BCUT2D eigenvalue weighted by molar-refractivity contribution is -0.166. The number of alkyl halides is 3. The molecular formula is C21H12ClF3O3. The maximum absolute atomic E-state index is 13.0. The zero-order chi connectivity index (χ0) is 20.3. The summed E-state index contributed by atoms with van der Waals surface area (Å²) in [5.74, 6) is -3.06. The first-order valence-electron chi connectivity index (χ1n) is 8.05. The van der Waals surface area contributed by atoms with E-state index in [-0.39, 0.29) is 11.3 Å². The molecule has 0 spiro atoms. The van der Waals surface area contributed by atoms with Crippen molar-refractivity contribution < 1.29 is 27.2 Å². The van der Waals surface area contributed by atoms with Gasteiger partial charge in [0.05, 0.1) is 10.6 Å². The number of ketones is 2. The lowest BCUT2D eigenvalue weighted by Gasteiger charge is -2.08. The lowest BCUT2D eigenvalue weighted by atomic mass is 9.99. The van der Waals surface area contributed by atoms with E-state index in [2.05, 4.69) is 0 Å². The monoisotopic (exact) mass is 404 g/mol. The van der Waals surface area contributed by atoms with Crippen LogP contribution in [0.15, 0.2) is 76.7 Å². The Balaban J connectivity index is 2.04. The number of hydrogen-bond acceptors (Lipinski definition) is 3. The van der Waals surface area contributed by atoms with Gasteiger partial charge in [-0.15, -0.1) is 0 Å². The molecule has 0 aliphatic heterocycles. The number of allylic oxidation sites excluding steroid dienone is 1. The van der Waals surface area contributed by atoms with E-state index in [4.69, 9.17) is 16.0 Å². The van der Waals surface area contributed by atoms with Crippen LogP contribution in [0, 0.1) is 0 Å². The second-order valence-electron chi connectivity index (χ2n) is 5.76. The molecule has 2 aromatic carbocycles. The average molecular weight is 405 g/mol. The van der Waals surface area contributed by atoms with Crippen LogP contribution in [0.3, 0.4) is 0 Å². The minimum Gasteiger partial charge on any atom is -0.457 e. The van der Waals surface area contributed by atoms with Crippen LogP contribution in [0.1, 0.15) is 16.1 Å². The number of furan rings is 1. The fourth-order valence-corrected chi connectivity index (χ4v) is 2.74. The third-order valence-corrected chi connectivity index (χ3v) is 4.16. The summed E-state index contributed by atoms with van der Waals surface area (Å²) < 4.78 is 44.5. The smallest absolute Gasteiger partial charge is 0.455 e. The van der Waals surface area contributed by atoms with E-state index in [9.17, 15) is 22.8 Å². The van der Waals surface area contributed by atoms with Gasteiger partial charge in [-0.2, -0.15) is 13.2 Å². The molecule has 3 nitrogen and oxygen atoms in total. The molecule has 0 N–H and O–H groups in total. The zero-order valence-electron chi connectivity index (χ0n) is 14.2. The predicted octanol–water partition coefficient (Wildman–Crippen LogP) is 6.00. The maximum Gasteiger partial charge on any atom is 0.455 e. The summed E-state index contributed by atoms with van der Waals surface area (Å²) >= 11 is 6.08. The first kappa shape index (κ1) is 19.6. The topological polar surface area (TPSA) is 47.3 Å². The van der Waals surface area contributed by atoms with Crippen molar-refractivity contribution in [2.24, 2.45) is 0 Å². The lowest BCUT2D eigenvalue weighted by Crippen LogP contribution is -2.28. The van der Waals surface area contributed by atoms with Crippen molar-refractivity contribution in [3.63, 3.8) is 0 Å². The minimum atomic E-state index is -5.20. The predicted molar refractivity (Wildman–Crippen MR) is 99.0 cm³/mol. The number of carbonyl (C=O) groups is 2. The molecule has 1 aromatic heterocycles. The molecule has 0 amide bonds. The molecule has 0 aliphatic carbocycles. The third-order valence-electron chi connectivity index (χ3n) is 3.84. The number of carbonyl (C=O) groups excluding carboxylic acids is 2. The fraction of sp³-hybridized carbons (Fsp3) is 0.0476. The highest BCUT2D eigenvalue weighted by atomic mass is 35.5. The number of Topliss-reactive ketones (excluding diaryl/α,β-unsaturated/α-hetero) is 2. The minimum absolute atomic E-state index is 0.0377. The molecule has 3 rings (SSSR count). The summed E-state index contributed by atoms with van der Waals surface area (Å²) in [4.78, 5) is 24.4. The highest BCUT2D eigenvalue weighted by Gasteiger charge is 2.43. The summed E-state index contributed by atoms with van der Waals surface area (Å²) in [6.07, 6.45) is -4.40. The molecule has 0 radical (unpaired) electrons. The van der Waals surface area contributed by atoms with E-state index in [1.807, 2.05) is 0 Å². The number of halogens is 4. The van der Waals surface area contributed by atoms with Crippen LogP contribution in [0.4, 0.5) is 13.2 Å². The molecule has 0 bridgehead atoms. The fourth-order valence-electron chi connectivity index (χ4n) is 2.51. The van der Waals surface area contributed by atoms with E-state index in [1.54, 1.807) is 30.3 Å². The standard InChI is InChI=1S/C21H12ClF3O3/c22-17-9-5-4-8-15(17)18-11-10-14(28-18)12-16(20(27)21(23,24)25)19(26)13-6-2-1-3-7-13/h1-12H/b16-12-. The van der Waals surface area contributed by atoms with E-state index < -0.39 is 23.3 Å². The van der Waals surface area contributed by atoms with Crippen molar-refractivity contribution in [1.29, 1.82) is 0 Å². The van der Waals surface area contributed by atoms with E-state index >= 15 is 0 Å². The Morgan fingerprint density at radius 2 is 1.54 bits per heavy atom. The van der Waals surface area contributed by atoms with Crippen molar-refractivity contribution in [2.75, 3.05) is 0 Å². The molecule has 0 saturated heterocycles. The van der Waals surface area contributed by atoms with Gasteiger partial charge in [0.1, 0.15) is 11.5 Å². The molecule has 142 valence electrons. The molecule has 0 saturated carbocycles. The molecule has 0 atom stereocenters. The molecule has 0 fully saturated rings. The molecule has 28 heavy (non-hydrogen) atoms. The van der Waals surface area contributed by atoms with Gasteiger partial charge in [-0.25, -0.2) is 0 Å². The average Bonchev–Trinajstić information content (AvgIpc) is 3.14. The van der Waals surface area contributed by atoms with Gasteiger partial charge in [0.25, 0.3) is 5.78 Å². The van der Waals surface area contributed by atoms with Gasteiger partial charge in [0.15, 0.2) is 5.78 Å². The van der Waals surface area contributed by atoms with Crippen molar-refractivity contribution in [1.82, 2.24) is 0 Å². The summed E-state index contributed by atoms with van der Waals surface area (Å²) in [7, 11) is 0. The van der Waals surface area contributed by atoms with Gasteiger partial charge in [-0.1, -0.05) is 54.1 Å². The van der Waals surface area contributed by atoms with Crippen molar-refractivity contribution in [2.45, 2.75) is 6.18 Å². The summed E-state index contributed by atoms with van der Waals surface area (Å²) in [6, 6.07) is 16.8. The largest absolute Gasteiger partial charge is 0.457 e. The third kappa shape index (κ3) is 4.23. The van der Waals surface area contributed by atoms with Crippen LogP contribution in [0.2, 0.25) is 5.02 Å². The molecule has 0 unspecified atom stereocenters. The van der Waals surface area contributed by atoms with Crippen LogP contribution >= 0.6 is 11.6 Å². The second-order valence-corrected chi connectivity index (χ2v) is 6.17. The van der Waals surface area contributed by atoms with Gasteiger partial charge < -0.3 is 4.42 Å². The van der Waals surface area contributed by atoms with Crippen LogP contribution in [-0.2, 0) is 4.79 Å².